The van der Waals surface area contributed by atoms with Crippen LogP contribution in [0.4, 0.5) is 0 Å². The Labute approximate surface area is 97.4 Å². The van der Waals surface area contributed by atoms with Crippen LogP contribution in [0.15, 0.2) is 18.2 Å². The van der Waals surface area contributed by atoms with Crippen LogP contribution in [0.1, 0.15) is 22.0 Å². The third-order valence-electron chi connectivity index (χ3n) is 2.18. The number of methoxy groups -OCH3 is 2. The summed E-state index contributed by atoms with van der Waals surface area (Å²) in [7, 11) is 2.55. The molecule has 92 valence electrons. The largest absolute Gasteiger partial charge is 0.496 e. The summed E-state index contributed by atoms with van der Waals surface area (Å²) in [5.41, 5.74) is 0.145. The van der Waals surface area contributed by atoms with E-state index in [1.807, 2.05) is 0 Å². The van der Waals surface area contributed by atoms with E-state index in [4.69, 9.17) is 9.84 Å². The van der Waals surface area contributed by atoms with E-state index in [2.05, 4.69) is 4.74 Å². The molecule has 0 heterocycles. The molecule has 0 aliphatic rings. The van der Waals surface area contributed by atoms with Gasteiger partial charge in [-0.3, -0.25) is 0 Å². The fourth-order valence-corrected chi connectivity index (χ4v) is 1.33. The van der Waals surface area contributed by atoms with Gasteiger partial charge in [-0.1, -0.05) is 0 Å². The summed E-state index contributed by atoms with van der Waals surface area (Å²) in [6, 6.07) is 4.04. The summed E-state index contributed by atoms with van der Waals surface area (Å²) in [5.74, 6) is -1.86. The quantitative estimate of drug-likeness (QED) is 0.748. The first-order valence-corrected chi connectivity index (χ1v) is 4.68. The molecular weight excluding hydrogens is 228 g/mol. The van der Waals surface area contributed by atoms with E-state index in [0.29, 0.717) is 0 Å². The summed E-state index contributed by atoms with van der Waals surface area (Å²) in [4.78, 5) is 22.0. The average molecular weight is 240 g/mol. The van der Waals surface area contributed by atoms with Crippen molar-refractivity contribution < 1.29 is 29.3 Å². The van der Waals surface area contributed by atoms with Crippen molar-refractivity contribution in [3.8, 4) is 5.75 Å². The Bertz CT molecular complexity index is 440. The Morgan fingerprint density at radius 2 is 1.94 bits per heavy atom. The highest BCUT2D eigenvalue weighted by Gasteiger charge is 2.22. The van der Waals surface area contributed by atoms with E-state index < -0.39 is 18.0 Å². The first-order valence-electron chi connectivity index (χ1n) is 4.68. The average Bonchev–Trinajstić information content (AvgIpc) is 2.35. The lowest BCUT2D eigenvalue weighted by atomic mass is 10.0. The number of ether oxygens (including phenoxy) is 2. The predicted molar refractivity (Wildman–Crippen MR) is 56.9 cm³/mol. The SMILES string of the molecule is COC(=O)c1ccc(OC)c(C(O)C(=O)O)c1. The van der Waals surface area contributed by atoms with E-state index >= 15 is 0 Å². The number of esters is 1. The molecule has 1 aromatic rings. The molecule has 0 amide bonds. The zero-order chi connectivity index (χ0) is 13.0. The molecule has 1 unspecified atom stereocenters. The number of aliphatic hydroxyl groups excluding tert-OH is 1. The number of carbonyl (C=O) groups is 2. The van der Waals surface area contributed by atoms with Crippen molar-refractivity contribution in [1.29, 1.82) is 0 Å². The van der Waals surface area contributed by atoms with Gasteiger partial charge in [-0.05, 0) is 18.2 Å². The van der Waals surface area contributed by atoms with Gasteiger partial charge in [0.15, 0.2) is 6.10 Å². The van der Waals surface area contributed by atoms with Crippen LogP contribution in [0.25, 0.3) is 0 Å². The highest BCUT2D eigenvalue weighted by molar-refractivity contribution is 5.90. The second-order valence-electron chi connectivity index (χ2n) is 3.19. The van der Waals surface area contributed by atoms with E-state index in [0.717, 1.165) is 0 Å². The van der Waals surface area contributed by atoms with E-state index in [1.165, 1.54) is 32.4 Å². The van der Waals surface area contributed by atoms with Crippen molar-refractivity contribution in [2.45, 2.75) is 6.10 Å². The van der Waals surface area contributed by atoms with Crippen LogP contribution in [0.2, 0.25) is 0 Å². The van der Waals surface area contributed by atoms with Gasteiger partial charge >= 0.3 is 11.9 Å². The third-order valence-corrected chi connectivity index (χ3v) is 2.18. The molecule has 1 atom stereocenters. The number of benzene rings is 1. The summed E-state index contributed by atoms with van der Waals surface area (Å²) in [5, 5.41) is 18.2. The molecule has 6 heteroatoms. The van der Waals surface area contributed by atoms with Gasteiger partial charge in [0.25, 0.3) is 0 Å². The molecule has 1 aromatic carbocycles. The Balaban J connectivity index is 3.24. The first kappa shape index (κ1) is 13.0. The second-order valence-corrected chi connectivity index (χ2v) is 3.19. The van der Waals surface area contributed by atoms with Gasteiger partial charge in [-0.15, -0.1) is 0 Å². The number of carboxylic acid groups (broad SMARTS) is 1. The number of hydrogen-bond donors (Lipinski definition) is 2. The minimum atomic E-state index is -1.76. The Morgan fingerprint density at radius 1 is 1.29 bits per heavy atom. The van der Waals surface area contributed by atoms with Crippen LogP contribution in [-0.2, 0) is 9.53 Å². The van der Waals surface area contributed by atoms with E-state index in [-0.39, 0.29) is 16.9 Å². The molecule has 0 aromatic heterocycles. The molecule has 0 aliphatic heterocycles. The second kappa shape index (κ2) is 5.31. The lowest BCUT2D eigenvalue weighted by Gasteiger charge is -2.12. The normalized spacial score (nSPS) is 11.7. The number of carbonyl (C=O) groups excluding carboxylic acids is 1. The van der Waals surface area contributed by atoms with Gasteiger partial charge in [0.05, 0.1) is 19.8 Å². The van der Waals surface area contributed by atoms with Crippen LogP contribution in [-0.4, -0.2) is 36.4 Å². The molecule has 0 aliphatic carbocycles. The summed E-state index contributed by atoms with van der Waals surface area (Å²) in [6.45, 7) is 0. The molecule has 0 spiro atoms. The maximum absolute atomic E-state index is 11.3. The summed E-state index contributed by atoms with van der Waals surface area (Å²) < 4.78 is 9.41. The smallest absolute Gasteiger partial charge is 0.337 e. The topological polar surface area (TPSA) is 93.1 Å². The minimum absolute atomic E-state index is 0.00269. The molecule has 0 fully saturated rings. The van der Waals surface area contributed by atoms with Crippen LogP contribution in [0.5, 0.6) is 5.75 Å². The van der Waals surface area contributed by atoms with Crippen molar-refractivity contribution in [2.75, 3.05) is 14.2 Å². The molecule has 6 nitrogen and oxygen atoms in total. The van der Waals surface area contributed by atoms with Gasteiger partial charge in [-0.25, -0.2) is 9.59 Å². The lowest BCUT2D eigenvalue weighted by molar-refractivity contribution is -0.147. The van der Waals surface area contributed by atoms with Crippen molar-refractivity contribution in [3.63, 3.8) is 0 Å². The molecule has 1 rings (SSSR count). The highest BCUT2D eigenvalue weighted by atomic mass is 16.5. The van der Waals surface area contributed by atoms with Crippen LogP contribution < -0.4 is 4.74 Å². The Hall–Kier alpha value is -2.08. The highest BCUT2D eigenvalue weighted by Crippen LogP contribution is 2.26. The van der Waals surface area contributed by atoms with Crippen molar-refractivity contribution >= 4 is 11.9 Å². The standard InChI is InChI=1S/C11H12O6/c1-16-8-4-3-6(11(15)17-2)5-7(8)9(12)10(13)14/h3-5,9,12H,1-2H3,(H,13,14). The molecule has 2 N–H and O–H groups in total. The zero-order valence-corrected chi connectivity index (χ0v) is 9.34. The van der Waals surface area contributed by atoms with Crippen LogP contribution >= 0.6 is 0 Å². The zero-order valence-electron chi connectivity index (χ0n) is 9.34. The van der Waals surface area contributed by atoms with Crippen LogP contribution in [0, 0.1) is 0 Å². The van der Waals surface area contributed by atoms with Crippen LogP contribution in [0.3, 0.4) is 0 Å². The maximum atomic E-state index is 11.3. The fourth-order valence-electron chi connectivity index (χ4n) is 1.33. The Morgan fingerprint density at radius 3 is 2.41 bits per heavy atom. The number of hydrogen-bond acceptors (Lipinski definition) is 5. The summed E-state index contributed by atoms with van der Waals surface area (Å²) in [6.07, 6.45) is -1.76. The van der Waals surface area contributed by atoms with Gasteiger partial charge in [0.1, 0.15) is 5.75 Å². The number of rotatable bonds is 4. The molecule has 0 bridgehead atoms. The number of carboxylic acids is 1. The summed E-state index contributed by atoms with van der Waals surface area (Å²) >= 11 is 0. The molecular formula is C11H12O6. The van der Waals surface area contributed by atoms with Gasteiger partial charge in [-0.2, -0.15) is 0 Å². The number of aliphatic hydroxyl groups is 1. The maximum Gasteiger partial charge on any atom is 0.337 e. The Kier molecular flexibility index (Phi) is 4.06. The van der Waals surface area contributed by atoms with E-state index in [9.17, 15) is 14.7 Å². The molecule has 17 heavy (non-hydrogen) atoms. The molecule has 0 saturated heterocycles. The predicted octanol–water partition coefficient (Wildman–Crippen LogP) is 0.600. The third kappa shape index (κ3) is 2.73. The van der Waals surface area contributed by atoms with Gasteiger partial charge in [0, 0.05) is 5.56 Å². The monoisotopic (exact) mass is 240 g/mol. The minimum Gasteiger partial charge on any atom is -0.496 e. The number of aliphatic carboxylic acids is 1. The van der Waals surface area contributed by atoms with Crippen molar-refractivity contribution in [3.05, 3.63) is 29.3 Å². The van der Waals surface area contributed by atoms with E-state index in [1.54, 1.807) is 0 Å². The van der Waals surface area contributed by atoms with Crippen molar-refractivity contribution in [2.24, 2.45) is 0 Å². The molecule has 0 radical (unpaired) electrons. The lowest BCUT2D eigenvalue weighted by Crippen LogP contribution is -2.13. The van der Waals surface area contributed by atoms with Gasteiger partial charge < -0.3 is 19.7 Å². The fraction of sp³-hybridized carbons (Fsp3) is 0.273. The van der Waals surface area contributed by atoms with Gasteiger partial charge in [0.2, 0.25) is 0 Å². The molecule has 0 saturated carbocycles. The first-order chi connectivity index (χ1) is 8.01. The van der Waals surface area contributed by atoms with Crippen molar-refractivity contribution in [1.82, 2.24) is 0 Å².